The van der Waals surface area contributed by atoms with E-state index in [1.54, 1.807) is 18.1 Å². The third-order valence-electron chi connectivity index (χ3n) is 6.31. The van der Waals surface area contributed by atoms with Crippen LogP contribution in [-0.2, 0) is 11.2 Å². The van der Waals surface area contributed by atoms with E-state index in [4.69, 9.17) is 9.72 Å². The van der Waals surface area contributed by atoms with Crippen molar-refractivity contribution in [3.63, 3.8) is 0 Å². The molecule has 0 aliphatic carbocycles. The first kappa shape index (κ1) is 22.2. The first-order valence-corrected chi connectivity index (χ1v) is 11.6. The molecule has 9 heteroatoms. The molecule has 2 aromatic heterocycles. The van der Waals surface area contributed by atoms with Gasteiger partial charge in [0, 0.05) is 44.8 Å². The summed E-state index contributed by atoms with van der Waals surface area (Å²) >= 11 is 0. The van der Waals surface area contributed by atoms with Crippen molar-refractivity contribution in [3.05, 3.63) is 60.0 Å². The Hall–Kier alpha value is -3.56. The number of fused-ring (bicyclic) bond motifs is 2. The maximum Gasteiger partial charge on any atom is 0.260 e. The van der Waals surface area contributed by atoms with Gasteiger partial charge in [0.25, 0.3) is 5.91 Å². The lowest BCUT2D eigenvalue weighted by Gasteiger charge is -2.26. The van der Waals surface area contributed by atoms with Crippen LogP contribution in [0.4, 0.5) is 28.8 Å². The smallest absolute Gasteiger partial charge is 0.260 e. The van der Waals surface area contributed by atoms with Gasteiger partial charge in [-0.2, -0.15) is 4.98 Å². The van der Waals surface area contributed by atoms with Gasteiger partial charge in [0.1, 0.15) is 5.69 Å². The number of benzene rings is 1. The molecular formula is C25H29N7O2. The van der Waals surface area contributed by atoms with E-state index >= 15 is 0 Å². The highest BCUT2D eigenvalue weighted by atomic mass is 16.5. The molecule has 1 N–H and O–H groups in total. The van der Waals surface area contributed by atoms with E-state index < -0.39 is 0 Å². The van der Waals surface area contributed by atoms with Gasteiger partial charge in [-0.05, 0) is 43.7 Å². The molecule has 9 nitrogen and oxygen atoms in total. The van der Waals surface area contributed by atoms with E-state index in [9.17, 15) is 4.79 Å². The Labute approximate surface area is 199 Å². The van der Waals surface area contributed by atoms with Gasteiger partial charge in [-0.3, -0.25) is 14.7 Å². The lowest BCUT2D eigenvalue weighted by molar-refractivity contribution is 0.0374. The van der Waals surface area contributed by atoms with Crippen LogP contribution in [0.2, 0.25) is 0 Å². The Bertz CT molecular complexity index is 1180. The minimum atomic E-state index is -0.0821. The predicted octanol–water partition coefficient (Wildman–Crippen LogP) is 3.24. The monoisotopic (exact) mass is 459 g/mol. The molecule has 4 heterocycles. The highest BCUT2D eigenvalue weighted by molar-refractivity contribution is 6.13. The van der Waals surface area contributed by atoms with Crippen LogP contribution in [0.5, 0.6) is 0 Å². The van der Waals surface area contributed by atoms with E-state index in [1.807, 2.05) is 54.5 Å². The molecule has 1 amide bonds. The number of amides is 1. The summed E-state index contributed by atoms with van der Waals surface area (Å²) in [5.74, 6) is 1.05. The zero-order valence-corrected chi connectivity index (χ0v) is 19.6. The Kier molecular flexibility index (Phi) is 6.37. The largest absolute Gasteiger partial charge is 0.379 e. The fourth-order valence-corrected chi connectivity index (χ4v) is 4.39. The van der Waals surface area contributed by atoms with Gasteiger partial charge in [0.05, 0.1) is 30.7 Å². The van der Waals surface area contributed by atoms with Crippen molar-refractivity contribution in [1.82, 2.24) is 19.9 Å². The van der Waals surface area contributed by atoms with Crippen molar-refractivity contribution < 1.29 is 9.53 Å². The fraction of sp³-hybridized carbons (Fsp3) is 0.360. The number of morpholine rings is 1. The summed E-state index contributed by atoms with van der Waals surface area (Å²) in [5.41, 5.74) is 4.03. The van der Waals surface area contributed by atoms with Crippen LogP contribution in [0.3, 0.4) is 0 Å². The van der Waals surface area contributed by atoms with Crippen molar-refractivity contribution in [2.75, 3.05) is 62.1 Å². The predicted molar refractivity (Wildman–Crippen MR) is 132 cm³/mol. The van der Waals surface area contributed by atoms with Crippen molar-refractivity contribution in [3.8, 4) is 0 Å². The Morgan fingerprint density at radius 2 is 1.85 bits per heavy atom. The van der Waals surface area contributed by atoms with Gasteiger partial charge in [-0.15, -0.1) is 0 Å². The number of hydrogen-bond acceptors (Lipinski definition) is 8. The van der Waals surface area contributed by atoms with E-state index in [0.29, 0.717) is 23.0 Å². The average molecular weight is 460 g/mol. The third-order valence-corrected chi connectivity index (χ3v) is 6.31. The molecule has 1 saturated heterocycles. The zero-order valence-electron chi connectivity index (χ0n) is 19.6. The minimum absolute atomic E-state index is 0.0821. The second kappa shape index (κ2) is 9.74. The topological polar surface area (TPSA) is 86.7 Å². The summed E-state index contributed by atoms with van der Waals surface area (Å²) in [4.78, 5) is 32.7. The molecule has 0 saturated carbocycles. The minimum Gasteiger partial charge on any atom is -0.379 e. The molecule has 0 spiro atoms. The molecule has 1 fully saturated rings. The number of carbonyl (C=O) groups is 1. The van der Waals surface area contributed by atoms with Gasteiger partial charge in [0.15, 0.2) is 5.82 Å². The van der Waals surface area contributed by atoms with E-state index in [1.165, 1.54) is 0 Å². The number of aromatic nitrogens is 3. The SMILES string of the molecule is CN1C(=O)c2ccccc2N(C)c2nc(Nc3ccnc(CCCN4CCOCC4)c3)ncc21. The van der Waals surface area contributed by atoms with Crippen LogP contribution in [0.15, 0.2) is 48.8 Å². The second-order valence-corrected chi connectivity index (χ2v) is 8.56. The summed E-state index contributed by atoms with van der Waals surface area (Å²) < 4.78 is 5.42. The van der Waals surface area contributed by atoms with Crippen LogP contribution in [0.1, 0.15) is 22.5 Å². The summed E-state index contributed by atoms with van der Waals surface area (Å²) in [6, 6.07) is 11.5. The van der Waals surface area contributed by atoms with Gasteiger partial charge in [-0.1, -0.05) is 12.1 Å². The maximum atomic E-state index is 13.0. The summed E-state index contributed by atoms with van der Waals surface area (Å²) in [7, 11) is 3.67. The lowest BCUT2D eigenvalue weighted by Crippen LogP contribution is -2.36. The van der Waals surface area contributed by atoms with Gasteiger partial charge in [-0.25, -0.2) is 4.98 Å². The van der Waals surface area contributed by atoms with E-state index in [0.717, 1.165) is 62.8 Å². The molecule has 2 aliphatic heterocycles. The lowest BCUT2D eigenvalue weighted by atomic mass is 10.1. The Morgan fingerprint density at radius 3 is 2.71 bits per heavy atom. The number of aryl methyl sites for hydroxylation is 1. The molecule has 0 atom stereocenters. The van der Waals surface area contributed by atoms with E-state index in [-0.39, 0.29) is 5.91 Å². The third kappa shape index (κ3) is 4.57. The second-order valence-electron chi connectivity index (χ2n) is 8.56. The summed E-state index contributed by atoms with van der Waals surface area (Å²) in [6.07, 6.45) is 5.46. The molecule has 0 bridgehead atoms. The number of ether oxygens (including phenoxy) is 1. The number of hydrogen-bond donors (Lipinski definition) is 1. The van der Waals surface area contributed by atoms with Gasteiger partial charge < -0.3 is 19.9 Å². The normalized spacial score (nSPS) is 16.1. The fourth-order valence-electron chi connectivity index (χ4n) is 4.39. The molecule has 0 unspecified atom stereocenters. The number of para-hydroxylation sites is 1. The molecule has 3 aromatic rings. The molecule has 5 rings (SSSR count). The van der Waals surface area contributed by atoms with Gasteiger partial charge in [0.2, 0.25) is 5.95 Å². The van der Waals surface area contributed by atoms with Crippen LogP contribution in [0, 0.1) is 0 Å². The molecule has 2 aliphatic rings. The van der Waals surface area contributed by atoms with Crippen molar-refractivity contribution in [1.29, 1.82) is 0 Å². The van der Waals surface area contributed by atoms with Crippen molar-refractivity contribution in [2.45, 2.75) is 12.8 Å². The Morgan fingerprint density at radius 1 is 1.03 bits per heavy atom. The first-order chi connectivity index (χ1) is 16.6. The molecular weight excluding hydrogens is 430 g/mol. The van der Waals surface area contributed by atoms with Crippen LogP contribution < -0.4 is 15.1 Å². The molecule has 34 heavy (non-hydrogen) atoms. The number of rotatable bonds is 6. The number of nitrogens with one attached hydrogen (secondary N) is 1. The number of anilines is 5. The maximum absolute atomic E-state index is 13.0. The molecule has 176 valence electrons. The zero-order chi connectivity index (χ0) is 23.5. The number of carbonyl (C=O) groups excluding carboxylic acids is 1. The van der Waals surface area contributed by atoms with Crippen LogP contribution in [0.25, 0.3) is 0 Å². The highest BCUT2D eigenvalue weighted by Crippen LogP contribution is 2.37. The molecule has 1 aromatic carbocycles. The van der Waals surface area contributed by atoms with E-state index in [2.05, 4.69) is 20.2 Å². The highest BCUT2D eigenvalue weighted by Gasteiger charge is 2.28. The molecule has 0 radical (unpaired) electrons. The standard InChI is InChI=1S/C25H29N7O2/c1-30-21-8-4-3-7-20(21)24(33)31(2)22-17-27-25(29-23(22)30)28-19-9-10-26-18(16-19)6-5-11-32-12-14-34-15-13-32/h3-4,7-10,16-17H,5-6,11-15H2,1-2H3,(H,26,27,28,29). The average Bonchev–Trinajstić information content (AvgIpc) is 2.95. The quantitative estimate of drug-likeness (QED) is 0.601. The summed E-state index contributed by atoms with van der Waals surface area (Å²) in [5, 5.41) is 3.31. The first-order valence-electron chi connectivity index (χ1n) is 11.6. The van der Waals surface area contributed by atoms with Crippen LogP contribution >= 0.6 is 0 Å². The van der Waals surface area contributed by atoms with Crippen molar-refractivity contribution in [2.24, 2.45) is 0 Å². The number of pyridine rings is 1. The number of nitrogens with zero attached hydrogens (tertiary/aromatic N) is 6. The van der Waals surface area contributed by atoms with Crippen LogP contribution in [-0.4, -0.2) is 72.7 Å². The van der Waals surface area contributed by atoms with Crippen molar-refractivity contribution >= 4 is 34.7 Å². The summed E-state index contributed by atoms with van der Waals surface area (Å²) in [6.45, 7) is 4.71. The Balaban J connectivity index is 1.32. The van der Waals surface area contributed by atoms with Gasteiger partial charge >= 0.3 is 0 Å².